The second-order valence-corrected chi connectivity index (χ2v) is 7.71. The summed E-state index contributed by atoms with van der Waals surface area (Å²) in [7, 11) is 0. The topological polar surface area (TPSA) is 89.5 Å². The van der Waals surface area contributed by atoms with Gasteiger partial charge in [-0.3, -0.25) is 4.79 Å². The summed E-state index contributed by atoms with van der Waals surface area (Å²) in [6, 6.07) is 10.5. The zero-order valence-electron chi connectivity index (χ0n) is 17.3. The maximum atomic E-state index is 13.2. The summed E-state index contributed by atoms with van der Waals surface area (Å²) >= 11 is 6.12. The van der Waals surface area contributed by atoms with Crippen LogP contribution in [0.3, 0.4) is 0 Å². The number of pyridine rings is 1. The van der Waals surface area contributed by atoms with Crippen molar-refractivity contribution < 1.29 is 22.7 Å². The van der Waals surface area contributed by atoms with Gasteiger partial charge in [-0.15, -0.1) is 0 Å². The van der Waals surface area contributed by atoms with Gasteiger partial charge in [0.05, 0.1) is 16.4 Å². The van der Waals surface area contributed by atoms with Crippen molar-refractivity contribution >= 4 is 29.0 Å². The number of halogens is 4. The van der Waals surface area contributed by atoms with Gasteiger partial charge in [-0.1, -0.05) is 23.7 Å². The first-order valence-electron chi connectivity index (χ1n) is 10.0. The molecule has 1 aliphatic heterocycles. The summed E-state index contributed by atoms with van der Waals surface area (Å²) in [6.07, 6.45) is -3.04. The number of hydrogen-bond acceptors (Lipinski definition) is 6. The lowest BCUT2D eigenvalue weighted by molar-refractivity contribution is -0.141. The number of piperazine rings is 1. The molecule has 0 bridgehead atoms. The number of anilines is 2. The van der Waals surface area contributed by atoms with Crippen LogP contribution in [0.1, 0.15) is 5.69 Å². The van der Waals surface area contributed by atoms with Crippen LogP contribution in [0.5, 0.6) is 5.88 Å². The number of nitrogen functional groups attached to an aromatic ring is 1. The monoisotopic (exact) mass is 480 g/mol. The highest BCUT2D eigenvalue weighted by Gasteiger charge is 2.36. The predicted molar refractivity (Wildman–Crippen MR) is 117 cm³/mol. The van der Waals surface area contributed by atoms with Gasteiger partial charge in [-0.25, -0.2) is 4.98 Å². The molecular formula is C21H20ClF3N6O2. The van der Waals surface area contributed by atoms with Gasteiger partial charge in [0.25, 0.3) is 5.91 Å². The van der Waals surface area contributed by atoms with Crippen LogP contribution >= 0.6 is 11.6 Å². The molecule has 4 rings (SSSR count). The number of carbonyl (C=O) groups excluding carboxylic acids is 1. The van der Waals surface area contributed by atoms with E-state index in [1.54, 1.807) is 35.4 Å². The lowest BCUT2D eigenvalue weighted by Gasteiger charge is -2.35. The molecule has 12 heteroatoms. The molecule has 1 amide bonds. The summed E-state index contributed by atoms with van der Waals surface area (Å²) in [6.45, 7) is 1.39. The average Bonchev–Trinajstić information content (AvgIpc) is 3.23. The molecule has 0 atom stereocenters. The Balaban J connectivity index is 1.44. The fraction of sp³-hybridized carbons (Fsp3) is 0.286. The first kappa shape index (κ1) is 22.7. The molecule has 0 saturated carbocycles. The molecule has 33 heavy (non-hydrogen) atoms. The number of nitrogens with zero attached hydrogens (tertiary/aromatic N) is 5. The lowest BCUT2D eigenvalue weighted by atomic mass is 10.3. The number of rotatable bonds is 5. The summed E-state index contributed by atoms with van der Waals surface area (Å²) in [5.74, 6) is 0.0666. The van der Waals surface area contributed by atoms with Crippen LogP contribution in [0.25, 0.3) is 5.69 Å². The Bertz CT molecular complexity index is 1150. The Morgan fingerprint density at radius 1 is 1.12 bits per heavy atom. The molecule has 3 aromatic rings. The highest BCUT2D eigenvalue weighted by atomic mass is 35.5. The van der Waals surface area contributed by atoms with Crippen molar-refractivity contribution in [2.75, 3.05) is 43.4 Å². The summed E-state index contributed by atoms with van der Waals surface area (Å²) < 4.78 is 46.1. The largest absolute Gasteiger partial charge is 0.467 e. The van der Waals surface area contributed by atoms with Crippen LogP contribution in [-0.4, -0.2) is 58.4 Å². The molecule has 0 spiro atoms. The molecule has 3 heterocycles. The standard InChI is InChI=1S/C21H20ClF3N6O2/c22-14-4-1-2-6-16(14)31-19(12-17(28-31)21(23,24)25)33-13-18(32)29-8-10-30(11-9-29)20-15(26)5-3-7-27-20/h1-7,12H,8-11,13,26H2. The van der Waals surface area contributed by atoms with Crippen molar-refractivity contribution in [3.63, 3.8) is 0 Å². The maximum Gasteiger partial charge on any atom is 0.435 e. The third-order valence-electron chi connectivity index (χ3n) is 5.14. The zero-order valence-corrected chi connectivity index (χ0v) is 18.1. The first-order chi connectivity index (χ1) is 15.7. The van der Waals surface area contributed by atoms with Crippen LogP contribution in [0.2, 0.25) is 5.02 Å². The number of carbonyl (C=O) groups is 1. The average molecular weight is 481 g/mol. The minimum atomic E-state index is -4.68. The first-order valence-corrected chi connectivity index (χ1v) is 10.4. The van der Waals surface area contributed by atoms with Gasteiger partial charge >= 0.3 is 6.18 Å². The van der Waals surface area contributed by atoms with Gasteiger partial charge in [0.15, 0.2) is 18.1 Å². The van der Waals surface area contributed by atoms with Crippen LogP contribution in [0.15, 0.2) is 48.7 Å². The number of benzene rings is 1. The predicted octanol–water partition coefficient (Wildman–Crippen LogP) is 3.25. The highest BCUT2D eigenvalue weighted by molar-refractivity contribution is 6.32. The summed E-state index contributed by atoms with van der Waals surface area (Å²) in [5.41, 5.74) is 5.57. The maximum absolute atomic E-state index is 13.2. The normalized spacial score (nSPS) is 14.4. The van der Waals surface area contributed by atoms with E-state index < -0.39 is 18.5 Å². The Morgan fingerprint density at radius 2 is 1.85 bits per heavy atom. The van der Waals surface area contributed by atoms with Crippen molar-refractivity contribution in [3.8, 4) is 11.6 Å². The van der Waals surface area contributed by atoms with Gasteiger partial charge in [-0.2, -0.15) is 23.0 Å². The van der Waals surface area contributed by atoms with E-state index in [1.165, 1.54) is 12.1 Å². The van der Waals surface area contributed by atoms with Gasteiger partial charge in [0, 0.05) is 38.4 Å². The Kier molecular flexibility index (Phi) is 6.32. The number of amides is 1. The second kappa shape index (κ2) is 9.18. The van der Waals surface area contributed by atoms with Crippen molar-refractivity contribution in [2.45, 2.75) is 6.18 Å². The van der Waals surface area contributed by atoms with Crippen LogP contribution < -0.4 is 15.4 Å². The fourth-order valence-corrected chi connectivity index (χ4v) is 3.69. The van der Waals surface area contributed by atoms with E-state index in [0.29, 0.717) is 37.7 Å². The molecule has 2 N–H and O–H groups in total. The number of nitrogens with two attached hydrogens (primary N) is 1. The van der Waals surface area contributed by atoms with Crippen LogP contribution in [0.4, 0.5) is 24.7 Å². The lowest BCUT2D eigenvalue weighted by Crippen LogP contribution is -2.50. The number of alkyl halides is 3. The molecule has 1 aliphatic rings. The third kappa shape index (κ3) is 4.98. The third-order valence-corrected chi connectivity index (χ3v) is 5.46. The number of aromatic nitrogens is 3. The Hall–Kier alpha value is -3.47. The van der Waals surface area contributed by atoms with E-state index in [0.717, 1.165) is 10.7 Å². The van der Waals surface area contributed by atoms with Gasteiger partial charge in [0.1, 0.15) is 0 Å². The van der Waals surface area contributed by atoms with Crippen molar-refractivity contribution in [1.82, 2.24) is 19.7 Å². The minimum Gasteiger partial charge on any atom is -0.467 e. The Labute approximate surface area is 192 Å². The zero-order chi connectivity index (χ0) is 23.6. The van der Waals surface area contributed by atoms with Crippen molar-refractivity contribution in [2.24, 2.45) is 0 Å². The fourth-order valence-electron chi connectivity index (χ4n) is 3.47. The molecule has 0 aliphatic carbocycles. The molecule has 1 fully saturated rings. The smallest absolute Gasteiger partial charge is 0.435 e. The molecule has 1 aromatic carbocycles. The number of hydrogen-bond donors (Lipinski definition) is 1. The summed E-state index contributed by atoms with van der Waals surface area (Å²) in [5, 5.41) is 3.78. The van der Waals surface area contributed by atoms with E-state index in [1.807, 2.05) is 4.90 Å². The molecule has 0 radical (unpaired) electrons. The van der Waals surface area contributed by atoms with Crippen molar-refractivity contribution in [1.29, 1.82) is 0 Å². The molecular weight excluding hydrogens is 461 g/mol. The van der Waals surface area contributed by atoms with E-state index in [-0.39, 0.29) is 22.5 Å². The Morgan fingerprint density at radius 3 is 2.52 bits per heavy atom. The second-order valence-electron chi connectivity index (χ2n) is 7.30. The quantitative estimate of drug-likeness (QED) is 0.603. The number of para-hydroxylation sites is 1. The SMILES string of the molecule is Nc1cccnc1N1CCN(C(=O)COc2cc(C(F)(F)F)nn2-c2ccccc2Cl)CC1. The number of ether oxygens (including phenoxy) is 1. The van der Waals surface area contributed by atoms with Crippen LogP contribution in [-0.2, 0) is 11.0 Å². The van der Waals surface area contributed by atoms with Gasteiger partial charge in [0.2, 0.25) is 5.88 Å². The highest BCUT2D eigenvalue weighted by Crippen LogP contribution is 2.33. The molecule has 1 saturated heterocycles. The molecule has 174 valence electrons. The van der Waals surface area contributed by atoms with Gasteiger partial charge in [-0.05, 0) is 24.3 Å². The molecule has 8 nitrogen and oxygen atoms in total. The van der Waals surface area contributed by atoms with Crippen molar-refractivity contribution in [3.05, 3.63) is 59.4 Å². The van der Waals surface area contributed by atoms with E-state index >= 15 is 0 Å². The molecule has 0 unspecified atom stereocenters. The minimum absolute atomic E-state index is 0.190. The molecule has 2 aromatic heterocycles. The summed E-state index contributed by atoms with van der Waals surface area (Å²) in [4.78, 5) is 20.5. The van der Waals surface area contributed by atoms with E-state index in [4.69, 9.17) is 22.1 Å². The van der Waals surface area contributed by atoms with E-state index in [9.17, 15) is 18.0 Å². The van der Waals surface area contributed by atoms with Gasteiger partial charge < -0.3 is 20.3 Å². The van der Waals surface area contributed by atoms with Crippen LogP contribution in [0, 0.1) is 0 Å². The van der Waals surface area contributed by atoms with E-state index in [2.05, 4.69) is 10.1 Å².